The highest BCUT2D eigenvalue weighted by atomic mass is 35.5. The van der Waals surface area contributed by atoms with Gasteiger partial charge in [-0.3, -0.25) is 9.59 Å². The van der Waals surface area contributed by atoms with E-state index in [2.05, 4.69) is 10.3 Å². The monoisotopic (exact) mass is 555 g/mol. The summed E-state index contributed by atoms with van der Waals surface area (Å²) in [5.41, 5.74) is -3.55. The number of aromatic nitrogens is 2. The summed E-state index contributed by atoms with van der Waals surface area (Å²) in [5, 5.41) is 3.11. The third-order valence-corrected chi connectivity index (χ3v) is 6.75. The highest BCUT2D eigenvalue weighted by Crippen LogP contribution is 2.38. The Labute approximate surface area is 219 Å². The molecule has 0 radical (unpaired) electrons. The number of alkyl halides is 3. The van der Waals surface area contributed by atoms with E-state index in [4.69, 9.17) is 16.3 Å². The largest absolute Gasteiger partial charge is 0.417 e. The van der Waals surface area contributed by atoms with Gasteiger partial charge < -0.3 is 15.0 Å². The lowest BCUT2D eigenvalue weighted by atomic mass is 9.81. The van der Waals surface area contributed by atoms with Crippen LogP contribution < -0.4 is 10.9 Å². The fourth-order valence-electron chi connectivity index (χ4n) is 4.15. The Balaban J connectivity index is 1.45. The maximum Gasteiger partial charge on any atom is 0.417 e. The zero-order valence-electron chi connectivity index (χ0n) is 20.1. The predicted molar refractivity (Wildman–Crippen MR) is 129 cm³/mol. The van der Waals surface area contributed by atoms with Crippen molar-refractivity contribution < 1.29 is 31.5 Å². The number of carbonyl (C=O) groups is 1. The molecule has 1 fully saturated rings. The molecule has 1 saturated carbocycles. The summed E-state index contributed by atoms with van der Waals surface area (Å²) in [5.74, 6) is -4.12. The lowest BCUT2D eigenvalue weighted by Gasteiger charge is -2.34. The quantitative estimate of drug-likeness (QED) is 0.356. The van der Waals surface area contributed by atoms with E-state index >= 15 is 4.39 Å². The summed E-state index contributed by atoms with van der Waals surface area (Å²) in [6, 6.07) is 8.75. The van der Waals surface area contributed by atoms with Crippen LogP contribution in [0.1, 0.15) is 42.1 Å². The van der Waals surface area contributed by atoms with Crippen molar-refractivity contribution in [2.24, 2.45) is 5.92 Å². The molecule has 202 valence electrons. The minimum absolute atomic E-state index is 0.0913. The average molecular weight is 556 g/mol. The third-order valence-electron chi connectivity index (χ3n) is 6.38. The second-order valence-electron chi connectivity index (χ2n) is 8.90. The van der Waals surface area contributed by atoms with E-state index in [1.165, 1.54) is 6.92 Å². The number of H-pyrrole nitrogens is 1. The molecule has 4 rings (SSSR count). The van der Waals surface area contributed by atoms with Crippen LogP contribution in [0.2, 0.25) is 5.02 Å². The van der Waals surface area contributed by atoms with Crippen molar-refractivity contribution in [3.05, 3.63) is 85.8 Å². The number of benzene rings is 2. The number of amides is 1. The highest BCUT2D eigenvalue weighted by Gasteiger charge is 2.38. The van der Waals surface area contributed by atoms with E-state index in [1.54, 1.807) is 12.1 Å². The Kier molecular flexibility index (Phi) is 8.17. The number of aryl methyl sites for hydroxylation is 1. The molecule has 38 heavy (non-hydrogen) atoms. The van der Waals surface area contributed by atoms with Gasteiger partial charge in [0.05, 0.1) is 29.5 Å². The molecule has 0 spiro atoms. The lowest BCUT2D eigenvalue weighted by Crippen LogP contribution is -2.42. The number of hydrogen-bond donors (Lipinski definition) is 2. The predicted octanol–water partition coefficient (Wildman–Crippen LogP) is 5.56. The number of rotatable bonds is 8. The van der Waals surface area contributed by atoms with Crippen LogP contribution in [-0.4, -0.2) is 22.0 Å². The van der Waals surface area contributed by atoms with E-state index in [9.17, 15) is 27.2 Å². The summed E-state index contributed by atoms with van der Waals surface area (Å²) in [7, 11) is 0. The van der Waals surface area contributed by atoms with Crippen molar-refractivity contribution in [3.8, 4) is 11.4 Å². The Morgan fingerprint density at radius 3 is 2.50 bits per heavy atom. The van der Waals surface area contributed by atoms with E-state index in [0.717, 1.165) is 11.6 Å². The number of carbonyl (C=O) groups excluding carboxylic acids is 1. The molecule has 12 heteroatoms. The van der Waals surface area contributed by atoms with Gasteiger partial charge >= 0.3 is 6.18 Å². The number of hydrogen-bond acceptors (Lipinski definition) is 4. The summed E-state index contributed by atoms with van der Waals surface area (Å²) in [4.78, 5) is 30.0. The molecule has 6 nitrogen and oxygen atoms in total. The van der Waals surface area contributed by atoms with Gasteiger partial charge in [0.2, 0.25) is 11.7 Å². The molecule has 1 heterocycles. The molecule has 1 aliphatic rings. The average Bonchev–Trinajstić information content (AvgIpc) is 2.84. The molecule has 2 N–H and O–H groups in total. The molecular formula is C26H23ClF5N3O3. The van der Waals surface area contributed by atoms with E-state index in [0.29, 0.717) is 23.9 Å². The first-order chi connectivity index (χ1) is 18.0. The van der Waals surface area contributed by atoms with Gasteiger partial charge in [0.1, 0.15) is 11.6 Å². The first kappa shape index (κ1) is 27.7. The zero-order valence-corrected chi connectivity index (χ0v) is 20.9. The summed E-state index contributed by atoms with van der Waals surface area (Å²) >= 11 is 6.10. The van der Waals surface area contributed by atoms with Crippen molar-refractivity contribution in [2.45, 2.75) is 51.6 Å². The molecule has 0 aliphatic heterocycles. The van der Waals surface area contributed by atoms with Crippen molar-refractivity contribution in [2.75, 3.05) is 0 Å². The van der Waals surface area contributed by atoms with E-state index in [-0.39, 0.29) is 24.7 Å². The number of nitrogens with one attached hydrogen (secondary N) is 2. The van der Waals surface area contributed by atoms with Crippen LogP contribution in [-0.2, 0) is 35.3 Å². The minimum atomic E-state index is -4.98. The van der Waals surface area contributed by atoms with E-state index < -0.39 is 64.4 Å². The number of ether oxygens (including phenoxy) is 1. The molecule has 1 aromatic heterocycles. The smallest absolute Gasteiger partial charge is 0.373 e. The number of halogens is 6. The molecule has 0 bridgehead atoms. The fourth-order valence-corrected chi connectivity index (χ4v) is 4.34. The second kappa shape index (κ2) is 11.2. The minimum Gasteiger partial charge on any atom is -0.373 e. The fraction of sp³-hybridized carbons (Fsp3) is 0.346. The van der Waals surface area contributed by atoms with Crippen LogP contribution in [0, 0.1) is 17.6 Å². The van der Waals surface area contributed by atoms with Gasteiger partial charge in [0.25, 0.3) is 5.56 Å². The molecule has 3 aromatic rings. The molecule has 1 amide bonds. The SMILES string of the molecule is CCc1nc(-c2c(C(F)(F)F)ccc(CNC(=O)[C@H]3C[C@H](OCc4ccccc4Cl)C3)c2F)[nH]c(=O)c1F. The van der Waals surface area contributed by atoms with Gasteiger partial charge in [-0.25, -0.2) is 9.37 Å². The van der Waals surface area contributed by atoms with Gasteiger partial charge in [-0.2, -0.15) is 17.6 Å². The van der Waals surface area contributed by atoms with Gasteiger partial charge in [-0.15, -0.1) is 0 Å². The van der Waals surface area contributed by atoms with Crippen molar-refractivity contribution >= 4 is 17.5 Å². The maximum atomic E-state index is 15.4. The number of nitrogens with zero attached hydrogens (tertiary/aromatic N) is 1. The first-order valence-electron chi connectivity index (χ1n) is 11.8. The first-order valence-corrected chi connectivity index (χ1v) is 12.2. The maximum absolute atomic E-state index is 15.4. The normalized spacial score (nSPS) is 17.2. The van der Waals surface area contributed by atoms with Crippen molar-refractivity contribution in [1.82, 2.24) is 15.3 Å². The molecule has 0 saturated heterocycles. The Bertz CT molecular complexity index is 1400. The molecule has 2 aromatic carbocycles. The van der Waals surface area contributed by atoms with Crippen LogP contribution in [0.3, 0.4) is 0 Å². The zero-order chi connectivity index (χ0) is 27.6. The highest BCUT2D eigenvalue weighted by molar-refractivity contribution is 6.31. The lowest BCUT2D eigenvalue weighted by molar-refractivity contribution is -0.137. The third kappa shape index (κ3) is 5.88. The van der Waals surface area contributed by atoms with E-state index in [1.807, 2.05) is 17.1 Å². The Hall–Kier alpha value is -3.31. The van der Waals surface area contributed by atoms with Crippen LogP contribution >= 0.6 is 11.6 Å². The molecule has 0 unspecified atom stereocenters. The van der Waals surface area contributed by atoms with Gasteiger partial charge in [-0.1, -0.05) is 42.8 Å². The van der Waals surface area contributed by atoms with Crippen LogP contribution in [0.25, 0.3) is 11.4 Å². The standard InChI is InChI=1S/C26H23ClF5N3O3/c1-2-19-22(29)25(37)35-23(34-19)20-17(26(30,31)32)8-7-13(21(20)28)11-33-24(36)15-9-16(10-15)38-12-14-5-3-4-6-18(14)27/h3-8,15-16H,2,9-12H2,1H3,(H,33,36)(H,34,35,37)/t15-,16-. The number of aromatic amines is 1. The summed E-state index contributed by atoms with van der Waals surface area (Å²) < 4.78 is 76.1. The van der Waals surface area contributed by atoms with Gasteiger partial charge in [-0.05, 0) is 37.0 Å². The Morgan fingerprint density at radius 2 is 1.84 bits per heavy atom. The molecule has 1 aliphatic carbocycles. The second-order valence-corrected chi connectivity index (χ2v) is 9.31. The van der Waals surface area contributed by atoms with Crippen LogP contribution in [0.4, 0.5) is 22.0 Å². The molecule has 0 atom stereocenters. The Morgan fingerprint density at radius 1 is 1.13 bits per heavy atom. The van der Waals surface area contributed by atoms with Crippen LogP contribution in [0.15, 0.2) is 41.2 Å². The van der Waals surface area contributed by atoms with Gasteiger partial charge in [0, 0.05) is 23.0 Å². The molecular weight excluding hydrogens is 533 g/mol. The summed E-state index contributed by atoms with van der Waals surface area (Å²) in [6.45, 7) is 1.34. The topological polar surface area (TPSA) is 84.1 Å². The van der Waals surface area contributed by atoms with Crippen molar-refractivity contribution in [1.29, 1.82) is 0 Å². The van der Waals surface area contributed by atoms with Gasteiger partial charge in [0.15, 0.2) is 0 Å². The van der Waals surface area contributed by atoms with Crippen LogP contribution in [0.5, 0.6) is 0 Å². The summed E-state index contributed by atoms with van der Waals surface area (Å²) in [6.07, 6.45) is -4.38. The van der Waals surface area contributed by atoms with Crippen molar-refractivity contribution in [3.63, 3.8) is 0 Å².